The molecule has 92 valence electrons. The van der Waals surface area contributed by atoms with Crippen LogP contribution in [0.1, 0.15) is 15.9 Å². The molecule has 0 aliphatic rings. The lowest BCUT2D eigenvalue weighted by Gasteiger charge is -2.05. The third kappa shape index (κ3) is 3.37. The number of pyridine rings is 1. The zero-order chi connectivity index (χ0) is 13.0. The Morgan fingerprint density at radius 1 is 1.22 bits per heavy atom. The Labute approximate surface area is 112 Å². The molecular formula is C13H10BrFN2O. The number of benzene rings is 1. The molecule has 0 saturated heterocycles. The molecule has 1 aromatic heterocycles. The van der Waals surface area contributed by atoms with E-state index in [9.17, 15) is 9.18 Å². The monoisotopic (exact) mass is 308 g/mol. The van der Waals surface area contributed by atoms with Crippen molar-refractivity contribution in [2.45, 2.75) is 6.54 Å². The average molecular weight is 309 g/mol. The van der Waals surface area contributed by atoms with Gasteiger partial charge in [0.15, 0.2) is 0 Å². The summed E-state index contributed by atoms with van der Waals surface area (Å²) in [6, 6.07) is 10.2. The minimum absolute atomic E-state index is 0.273. The van der Waals surface area contributed by atoms with Gasteiger partial charge in [-0.25, -0.2) is 4.98 Å². The highest BCUT2D eigenvalue weighted by Gasteiger charge is 2.05. The second-order valence-corrected chi connectivity index (χ2v) is 4.59. The number of hydrogen-bond acceptors (Lipinski definition) is 2. The van der Waals surface area contributed by atoms with Crippen LogP contribution in [0.25, 0.3) is 0 Å². The molecule has 2 aromatic rings. The first-order valence-electron chi connectivity index (χ1n) is 5.29. The van der Waals surface area contributed by atoms with Crippen LogP contribution in [0, 0.1) is 5.95 Å². The third-order valence-corrected chi connectivity index (χ3v) is 2.88. The normalized spacial score (nSPS) is 10.1. The fourth-order valence-corrected chi connectivity index (χ4v) is 1.66. The first-order chi connectivity index (χ1) is 8.65. The minimum atomic E-state index is -0.598. The molecule has 0 radical (unpaired) electrons. The van der Waals surface area contributed by atoms with Crippen LogP contribution in [-0.4, -0.2) is 10.9 Å². The lowest BCUT2D eigenvalue weighted by atomic mass is 10.2. The fraction of sp³-hybridized carbons (Fsp3) is 0.0769. The molecule has 1 N–H and O–H groups in total. The van der Waals surface area contributed by atoms with Crippen molar-refractivity contribution in [3.05, 3.63) is 64.1 Å². The number of amides is 1. The van der Waals surface area contributed by atoms with Gasteiger partial charge in [-0.2, -0.15) is 4.39 Å². The highest BCUT2D eigenvalue weighted by Crippen LogP contribution is 2.10. The number of nitrogens with zero attached hydrogens (tertiary/aromatic N) is 1. The van der Waals surface area contributed by atoms with Crippen molar-refractivity contribution in [3.63, 3.8) is 0 Å². The van der Waals surface area contributed by atoms with E-state index in [1.165, 1.54) is 12.3 Å². The molecule has 0 saturated carbocycles. The SMILES string of the molecule is O=C(NCc1ccc(Br)cc1)c1ccc(F)nc1. The maximum absolute atomic E-state index is 12.6. The highest BCUT2D eigenvalue weighted by atomic mass is 79.9. The number of halogens is 2. The maximum Gasteiger partial charge on any atom is 0.253 e. The first-order valence-corrected chi connectivity index (χ1v) is 6.08. The topological polar surface area (TPSA) is 42.0 Å². The highest BCUT2D eigenvalue weighted by molar-refractivity contribution is 9.10. The quantitative estimate of drug-likeness (QED) is 0.886. The molecule has 0 unspecified atom stereocenters. The molecule has 1 heterocycles. The summed E-state index contributed by atoms with van der Waals surface area (Å²) >= 11 is 3.34. The number of rotatable bonds is 3. The summed E-state index contributed by atoms with van der Waals surface area (Å²) in [7, 11) is 0. The van der Waals surface area contributed by atoms with Gasteiger partial charge >= 0.3 is 0 Å². The van der Waals surface area contributed by atoms with Crippen LogP contribution in [-0.2, 0) is 6.54 Å². The molecule has 3 nitrogen and oxygen atoms in total. The smallest absolute Gasteiger partial charge is 0.253 e. The fourth-order valence-electron chi connectivity index (χ4n) is 1.40. The Kier molecular flexibility index (Phi) is 4.04. The van der Waals surface area contributed by atoms with E-state index >= 15 is 0 Å². The summed E-state index contributed by atoms with van der Waals surface area (Å²) in [5, 5.41) is 2.74. The summed E-state index contributed by atoms with van der Waals surface area (Å²) in [4.78, 5) is 15.1. The summed E-state index contributed by atoms with van der Waals surface area (Å²) in [6.07, 6.45) is 1.21. The van der Waals surface area contributed by atoms with Crippen LogP contribution in [0.4, 0.5) is 4.39 Å². The Bertz CT molecular complexity index is 540. The molecule has 0 aliphatic carbocycles. The molecular weight excluding hydrogens is 299 g/mol. The van der Waals surface area contributed by atoms with Crippen molar-refractivity contribution in [1.29, 1.82) is 0 Å². The van der Waals surface area contributed by atoms with Crippen molar-refractivity contribution in [1.82, 2.24) is 10.3 Å². The van der Waals surface area contributed by atoms with Gasteiger partial charge in [0.05, 0.1) is 5.56 Å². The van der Waals surface area contributed by atoms with Gasteiger partial charge in [0.25, 0.3) is 5.91 Å². The number of carbonyl (C=O) groups is 1. The van der Waals surface area contributed by atoms with E-state index in [2.05, 4.69) is 26.2 Å². The lowest BCUT2D eigenvalue weighted by molar-refractivity contribution is 0.0950. The summed E-state index contributed by atoms with van der Waals surface area (Å²) < 4.78 is 13.6. The van der Waals surface area contributed by atoms with Crippen LogP contribution in [0.3, 0.4) is 0 Å². The minimum Gasteiger partial charge on any atom is -0.348 e. The molecule has 0 atom stereocenters. The summed E-state index contributed by atoms with van der Waals surface area (Å²) in [5.41, 5.74) is 1.33. The van der Waals surface area contributed by atoms with E-state index in [0.717, 1.165) is 16.1 Å². The Morgan fingerprint density at radius 3 is 2.56 bits per heavy atom. The first kappa shape index (κ1) is 12.7. The van der Waals surface area contributed by atoms with Crippen LogP contribution in [0.5, 0.6) is 0 Å². The van der Waals surface area contributed by atoms with Gasteiger partial charge in [-0.05, 0) is 29.8 Å². The Morgan fingerprint density at radius 2 is 1.94 bits per heavy atom. The van der Waals surface area contributed by atoms with Gasteiger partial charge in [-0.3, -0.25) is 4.79 Å². The molecule has 1 amide bonds. The number of nitrogens with one attached hydrogen (secondary N) is 1. The predicted octanol–water partition coefficient (Wildman–Crippen LogP) is 2.91. The van der Waals surface area contributed by atoms with Gasteiger partial charge in [0, 0.05) is 17.2 Å². The van der Waals surface area contributed by atoms with Crippen molar-refractivity contribution < 1.29 is 9.18 Å². The van der Waals surface area contributed by atoms with Gasteiger partial charge in [0.2, 0.25) is 5.95 Å². The van der Waals surface area contributed by atoms with Crippen LogP contribution >= 0.6 is 15.9 Å². The van der Waals surface area contributed by atoms with E-state index in [1.807, 2.05) is 24.3 Å². The van der Waals surface area contributed by atoms with E-state index < -0.39 is 5.95 Å². The van der Waals surface area contributed by atoms with Crippen molar-refractivity contribution >= 4 is 21.8 Å². The molecule has 0 fully saturated rings. The zero-order valence-corrected chi connectivity index (χ0v) is 10.9. The van der Waals surface area contributed by atoms with E-state index in [1.54, 1.807) is 0 Å². The molecule has 18 heavy (non-hydrogen) atoms. The molecule has 0 spiro atoms. The van der Waals surface area contributed by atoms with E-state index in [-0.39, 0.29) is 5.91 Å². The van der Waals surface area contributed by atoms with Crippen LogP contribution in [0.15, 0.2) is 47.1 Å². The van der Waals surface area contributed by atoms with E-state index in [4.69, 9.17) is 0 Å². The Hall–Kier alpha value is -1.75. The second-order valence-electron chi connectivity index (χ2n) is 3.68. The zero-order valence-electron chi connectivity index (χ0n) is 9.36. The van der Waals surface area contributed by atoms with Crippen molar-refractivity contribution in [2.24, 2.45) is 0 Å². The van der Waals surface area contributed by atoms with Gasteiger partial charge < -0.3 is 5.32 Å². The molecule has 0 aliphatic heterocycles. The molecule has 5 heteroatoms. The second kappa shape index (κ2) is 5.73. The average Bonchev–Trinajstić information content (AvgIpc) is 2.38. The maximum atomic E-state index is 12.6. The summed E-state index contributed by atoms with van der Waals surface area (Å²) in [5.74, 6) is -0.870. The summed E-state index contributed by atoms with van der Waals surface area (Å²) in [6.45, 7) is 0.420. The largest absolute Gasteiger partial charge is 0.348 e. The molecule has 0 bridgehead atoms. The standard InChI is InChI=1S/C13H10BrFN2O/c14-11-4-1-9(2-5-11)7-17-13(18)10-3-6-12(15)16-8-10/h1-6,8H,7H2,(H,17,18). The van der Waals surface area contributed by atoms with Gasteiger partial charge in [-0.15, -0.1) is 0 Å². The van der Waals surface area contributed by atoms with E-state index in [0.29, 0.717) is 12.1 Å². The molecule has 2 rings (SSSR count). The number of carbonyl (C=O) groups excluding carboxylic acids is 1. The molecule has 1 aromatic carbocycles. The third-order valence-electron chi connectivity index (χ3n) is 2.36. The van der Waals surface area contributed by atoms with Crippen molar-refractivity contribution in [3.8, 4) is 0 Å². The number of hydrogen-bond donors (Lipinski definition) is 1. The van der Waals surface area contributed by atoms with Gasteiger partial charge in [0.1, 0.15) is 0 Å². The van der Waals surface area contributed by atoms with Crippen LogP contribution in [0.2, 0.25) is 0 Å². The number of aromatic nitrogens is 1. The van der Waals surface area contributed by atoms with Crippen LogP contribution < -0.4 is 5.32 Å². The predicted molar refractivity (Wildman–Crippen MR) is 69.5 cm³/mol. The lowest BCUT2D eigenvalue weighted by Crippen LogP contribution is -2.22. The van der Waals surface area contributed by atoms with Gasteiger partial charge in [-0.1, -0.05) is 28.1 Å². The Balaban J connectivity index is 1.96. The van der Waals surface area contributed by atoms with Crippen molar-refractivity contribution in [2.75, 3.05) is 0 Å².